The minimum absolute atomic E-state index is 0.184. The second kappa shape index (κ2) is 6.18. The van der Waals surface area contributed by atoms with Crippen molar-refractivity contribution in [1.29, 1.82) is 0 Å². The summed E-state index contributed by atoms with van der Waals surface area (Å²) in [6, 6.07) is 12.8. The summed E-state index contributed by atoms with van der Waals surface area (Å²) in [7, 11) is 0. The number of aryl methyl sites for hydroxylation is 1. The number of rotatable bonds is 4. The fraction of sp³-hybridized carbons (Fsp3) is 0.0588. The molecule has 0 aliphatic carbocycles. The number of carboxylic acid groups (broad SMARTS) is 1. The van der Waals surface area contributed by atoms with Crippen LogP contribution >= 0.6 is 11.3 Å². The van der Waals surface area contributed by atoms with E-state index in [-0.39, 0.29) is 11.4 Å². The van der Waals surface area contributed by atoms with Gasteiger partial charge in [0.15, 0.2) is 5.13 Å². The van der Waals surface area contributed by atoms with E-state index in [0.29, 0.717) is 10.8 Å². The monoisotopic (exact) mass is 328 g/mol. The zero-order valence-electron chi connectivity index (χ0n) is 12.2. The quantitative estimate of drug-likeness (QED) is 0.729. The number of carboxylic acids is 1. The van der Waals surface area contributed by atoms with Crippen LogP contribution in [0.25, 0.3) is 11.3 Å². The number of nitrogens with one attached hydrogen (secondary N) is 1. The average Bonchev–Trinajstić information content (AvgIpc) is 2.89. The van der Waals surface area contributed by atoms with Crippen LogP contribution in [0.3, 0.4) is 0 Å². The molecule has 116 valence electrons. The van der Waals surface area contributed by atoms with Gasteiger partial charge in [0, 0.05) is 10.4 Å². The van der Waals surface area contributed by atoms with Crippen molar-refractivity contribution in [2.24, 2.45) is 0 Å². The van der Waals surface area contributed by atoms with Gasteiger partial charge in [0.05, 0.1) is 16.9 Å². The van der Waals surface area contributed by atoms with Gasteiger partial charge in [0.2, 0.25) is 0 Å². The molecule has 0 radical (unpaired) electrons. The van der Waals surface area contributed by atoms with E-state index in [2.05, 4.69) is 10.3 Å². The molecule has 3 rings (SSSR count). The SMILES string of the molecule is Cc1sc(Nc2ccccc2C(=O)O)nc1-c1ccc(F)cc1. The van der Waals surface area contributed by atoms with Crippen LogP contribution in [-0.2, 0) is 0 Å². The van der Waals surface area contributed by atoms with Gasteiger partial charge in [-0.25, -0.2) is 14.2 Å². The summed E-state index contributed by atoms with van der Waals surface area (Å²) < 4.78 is 13.0. The first-order chi connectivity index (χ1) is 11.0. The van der Waals surface area contributed by atoms with E-state index in [9.17, 15) is 14.3 Å². The molecule has 2 N–H and O–H groups in total. The van der Waals surface area contributed by atoms with Crippen molar-refractivity contribution in [1.82, 2.24) is 4.98 Å². The second-order valence-electron chi connectivity index (χ2n) is 4.91. The number of halogens is 1. The Bertz CT molecular complexity index is 859. The molecule has 3 aromatic rings. The maximum Gasteiger partial charge on any atom is 0.337 e. The number of carbonyl (C=O) groups is 1. The van der Waals surface area contributed by atoms with Gasteiger partial charge in [-0.1, -0.05) is 12.1 Å². The van der Waals surface area contributed by atoms with E-state index in [1.807, 2.05) is 6.92 Å². The second-order valence-corrected chi connectivity index (χ2v) is 6.11. The molecule has 0 unspecified atom stereocenters. The van der Waals surface area contributed by atoms with Gasteiger partial charge in [-0.15, -0.1) is 11.3 Å². The van der Waals surface area contributed by atoms with Crippen LogP contribution in [0.1, 0.15) is 15.2 Å². The van der Waals surface area contributed by atoms with Crippen molar-refractivity contribution in [2.45, 2.75) is 6.92 Å². The molecule has 0 aliphatic rings. The highest BCUT2D eigenvalue weighted by Crippen LogP contribution is 2.32. The van der Waals surface area contributed by atoms with Gasteiger partial charge in [-0.05, 0) is 43.3 Å². The Hall–Kier alpha value is -2.73. The molecule has 2 aromatic carbocycles. The predicted octanol–water partition coefficient (Wildman–Crippen LogP) is 4.70. The molecule has 0 amide bonds. The largest absolute Gasteiger partial charge is 0.478 e. The molecule has 0 fully saturated rings. The molecular formula is C17H13FN2O2S. The summed E-state index contributed by atoms with van der Waals surface area (Å²) in [5, 5.41) is 12.9. The van der Waals surface area contributed by atoms with Crippen LogP contribution < -0.4 is 5.32 Å². The van der Waals surface area contributed by atoms with Gasteiger partial charge in [-0.3, -0.25) is 0 Å². The van der Waals surface area contributed by atoms with Crippen molar-refractivity contribution < 1.29 is 14.3 Å². The molecule has 4 nitrogen and oxygen atoms in total. The molecule has 0 spiro atoms. The average molecular weight is 328 g/mol. The molecule has 0 saturated heterocycles. The van der Waals surface area contributed by atoms with Gasteiger partial charge in [0.25, 0.3) is 0 Å². The maximum atomic E-state index is 13.0. The molecule has 0 aliphatic heterocycles. The molecule has 0 atom stereocenters. The van der Waals surface area contributed by atoms with E-state index in [1.54, 1.807) is 30.3 Å². The first-order valence-electron chi connectivity index (χ1n) is 6.87. The third-order valence-corrected chi connectivity index (χ3v) is 4.20. The highest BCUT2D eigenvalue weighted by Gasteiger charge is 2.13. The number of nitrogens with zero attached hydrogens (tertiary/aromatic N) is 1. The van der Waals surface area contributed by atoms with Crippen LogP contribution in [-0.4, -0.2) is 16.1 Å². The van der Waals surface area contributed by atoms with E-state index in [0.717, 1.165) is 16.1 Å². The number of aromatic carboxylic acids is 1. The van der Waals surface area contributed by atoms with Gasteiger partial charge in [-0.2, -0.15) is 0 Å². The van der Waals surface area contributed by atoms with Crippen molar-refractivity contribution in [3.05, 3.63) is 64.8 Å². The maximum absolute atomic E-state index is 13.0. The first-order valence-corrected chi connectivity index (χ1v) is 7.69. The number of anilines is 2. The number of para-hydroxylation sites is 1. The molecule has 1 heterocycles. The number of hydrogen-bond acceptors (Lipinski definition) is 4. The van der Waals surface area contributed by atoms with Crippen LogP contribution in [0.4, 0.5) is 15.2 Å². The van der Waals surface area contributed by atoms with Crippen LogP contribution in [0.15, 0.2) is 48.5 Å². The van der Waals surface area contributed by atoms with Crippen molar-refractivity contribution in [3.8, 4) is 11.3 Å². The molecule has 0 saturated carbocycles. The Balaban J connectivity index is 1.93. The van der Waals surface area contributed by atoms with E-state index in [1.165, 1.54) is 29.5 Å². The molecule has 6 heteroatoms. The third-order valence-electron chi connectivity index (χ3n) is 3.31. The molecule has 0 bridgehead atoms. The van der Waals surface area contributed by atoms with Crippen LogP contribution in [0, 0.1) is 12.7 Å². The molecule has 1 aromatic heterocycles. The Kier molecular flexibility index (Phi) is 4.08. The van der Waals surface area contributed by atoms with Crippen molar-refractivity contribution in [3.63, 3.8) is 0 Å². The van der Waals surface area contributed by atoms with E-state index in [4.69, 9.17) is 0 Å². The highest BCUT2D eigenvalue weighted by atomic mass is 32.1. The molecule has 23 heavy (non-hydrogen) atoms. The minimum Gasteiger partial charge on any atom is -0.478 e. The zero-order chi connectivity index (χ0) is 16.4. The summed E-state index contributed by atoms with van der Waals surface area (Å²) in [6.07, 6.45) is 0. The van der Waals surface area contributed by atoms with Gasteiger partial charge < -0.3 is 10.4 Å². The summed E-state index contributed by atoms with van der Waals surface area (Å²) in [5.74, 6) is -1.30. The Morgan fingerprint density at radius 2 is 1.87 bits per heavy atom. The summed E-state index contributed by atoms with van der Waals surface area (Å²) in [6.45, 7) is 1.92. The lowest BCUT2D eigenvalue weighted by Crippen LogP contribution is -2.02. The van der Waals surface area contributed by atoms with Crippen molar-refractivity contribution >= 4 is 28.1 Å². The summed E-state index contributed by atoms with van der Waals surface area (Å²) in [5.41, 5.74) is 2.24. The Morgan fingerprint density at radius 1 is 1.17 bits per heavy atom. The lowest BCUT2D eigenvalue weighted by molar-refractivity contribution is 0.0698. The smallest absolute Gasteiger partial charge is 0.337 e. The summed E-state index contributed by atoms with van der Waals surface area (Å²) in [4.78, 5) is 16.7. The molecular weight excluding hydrogens is 315 g/mol. The van der Waals surface area contributed by atoms with Crippen LogP contribution in [0.2, 0.25) is 0 Å². The third kappa shape index (κ3) is 3.22. The number of benzene rings is 2. The topological polar surface area (TPSA) is 62.2 Å². The van der Waals surface area contributed by atoms with Crippen molar-refractivity contribution in [2.75, 3.05) is 5.32 Å². The lowest BCUT2D eigenvalue weighted by atomic mass is 10.1. The van der Waals surface area contributed by atoms with Crippen LogP contribution in [0.5, 0.6) is 0 Å². The number of thiazole rings is 1. The highest BCUT2D eigenvalue weighted by molar-refractivity contribution is 7.16. The zero-order valence-corrected chi connectivity index (χ0v) is 13.0. The van der Waals surface area contributed by atoms with E-state index >= 15 is 0 Å². The van der Waals surface area contributed by atoms with E-state index < -0.39 is 5.97 Å². The fourth-order valence-corrected chi connectivity index (χ4v) is 3.07. The summed E-state index contributed by atoms with van der Waals surface area (Å²) >= 11 is 1.42. The Labute approximate surface area is 136 Å². The fourth-order valence-electron chi connectivity index (χ4n) is 2.22. The first kappa shape index (κ1) is 15.2. The van der Waals surface area contributed by atoms with Gasteiger partial charge >= 0.3 is 5.97 Å². The standard InChI is InChI=1S/C17H13FN2O2S/c1-10-15(11-6-8-12(18)9-7-11)20-17(23-10)19-14-5-3-2-4-13(14)16(21)22/h2-9H,1H3,(H,19,20)(H,21,22). The predicted molar refractivity (Wildman–Crippen MR) is 88.9 cm³/mol. The lowest BCUT2D eigenvalue weighted by Gasteiger charge is -2.06. The number of hydrogen-bond donors (Lipinski definition) is 2. The van der Waals surface area contributed by atoms with Gasteiger partial charge in [0.1, 0.15) is 5.82 Å². The Morgan fingerprint density at radius 3 is 2.57 bits per heavy atom. The number of aromatic nitrogens is 1. The normalized spacial score (nSPS) is 10.5. The minimum atomic E-state index is -1.000.